The average Bonchev–Trinajstić information content (AvgIpc) is 2.28. The molecule has 1 rings (SSSR count). The Morgan fingerprint density at radius 2 is 1.62 bits per heavy atom. The molecule has 0 aliphatic heterocycles. The first-order valence-electron chi connectivity index (χ1n) is 7.14. The first-order valence-corrected chi connectivity index (χ1v) is 7.14. The van der Waals surface area contributed by atoms with Gasteiger partial charge in [-0.05, 0) is 32.1 Å². The molecular weight excluding hydrogens is 198 g/mol. The SMILES string of the molecule is CCCCCCCCC1(O)CCC(N)CC1. The van der Waals surface area contributed by atoms with Crippen LogP contribution in [-0.2, 0) is 0 Å². The lowest BCUT2D eigenvalue weighted by atomic mass is 9.79. The van der Waals surface area contributed by atoms with Crippen molar-refractivity contribution in [3.8, 4) is 0 Å². The van der Waals surface area contributed by atoms with Gasteiger partial charge in [0.15, 0.2) is 0 Å². The summed E-state index contributed by atoms with van der Waals surface area (Å²) in [6.07, 6.45) is 12.7. The molecule has 0 radical (unpaired) electrons. The van der Waals surface area contributed by atoms with E-state index < -0.39 is 0 Å². The Balaban J connectivity index is 2.03. The number of hydrogen-bond acceptors (Lipinski definition) is 2. The van der Waals surface area contributed by atoms with Gasteiger partial charge in [-0.25, -0.2) is 0 Å². The van der Waals surface area contributed by atoms with Crippen LogP contribution in [0.2, 0.25) is 0 Å². The Bertz CT molecular complexity index is 174. The lowest BCUT2D eigenvalue weighted by Gasteiger charge is -2.34. The third-order valence-corrected chi connectivity index (χ3v) is 3.96. The number of nitrogens with two attached hydrogens (primary N) is 1. The highest BCUT2D eigenvalue weighted by atomic mass is 16.3. The molecule has 0 atom stereocenters. The minimum Gasteiger partial charge on any atom is -0.390 e. The quantitative estimate of drug-likeness (QED) is 0.655. The zero-order chi connectivity index (χ0) is 11.9. The van der Waals surface area contributed by atoms with Crippen LogP contribution < -0.4 is 5.73 Å². The standard InChI is InChI=1S/C14H29NO/c1-2-3-4-5-6-7-10-14(16)11-8-13(15)9-12-14/h13,16H,2-12,15H2,1H3. The van der Waals surface area contributed by atoms with Gasteiger partial charge >= 0.3 is 0 Å². The first kappa shape index (κ1) is 14.0. The maximum absolute atomic E-state index is 10.3. The van der Waals surface area contributed by atoms with Crippen molar-refractivity contribution >= 4 is 0 Å². The molecule has 0 aromatic heterocycles. The van der Waals surface area contributed by atoms with Gasteiger partial charge in [0.2, 0.25) is 0 Å². The Hall–Kier alpha value is -0.0800. The van der Waals surface area contributed by atoms with E-state index in [0.717, 1.165) is 32.1 Å². The molecule has 0 saturated heterocycles. The second-order valence-electron chi connectivity index (χ2n) is 5.58. The van der Waals surface area contributed by atoms with Crippen molar-refractivity contribution < 1.29 is 5.11 Å². The van der Waals surface area contributed by atoms with Gasteiger partial charge < -0.3 is 10.8 Å². The third-order valence-electron chi connectivity index (χ3n) is 3.96. The first-order chi connectivity index (χ1) is 7.66. The van der Waals surface area contributed by atoms with Gasteiger partial charge in [-0.1, -0.05) is 45.4 Å². The molecule has 1 fully saturated rings. The van der Waals surface area contributed by atoms with Crippen LogP contribution in [0.5, 0.6) is 0 Å². The van der Waals surface area contributed by atoms with Crippen LogP contribution in [0.15, 0.2) is 0 Å². The van der Waals surface area contributed by atoms with Crippen LogP contribution >= 0.6 is 0 Å². The molecule has 1 saturated carbocycles. The van der Waals surface area contributed by atoms with E-state index in [9.17, 15) is 5.11 Å². The zero-order valence-electron chi connectivity index (χ0n) is 10.9. The number of unbranched alkanes of at least 4 members (excludes halogenated alkanes) is 5. The van der Waals surface area contributed by atoms with E-state index >= 15 is 0 Å². The van der Waals surface area contributed by atoms with Crippen molar-refractivity contribution in [1.29, 1.82) is 0 Å². The summed E-state index contributed by atoms with van der Waals surface area (Å²) in [5.41, 5.74) is 5.48. The molecule has 2 heteroatoms. The molecule has 0 spiro atoms. The van der Waals surface area contributed by atoms with Crippen LogP contribution in [-0.4, -0.2) is 16.7 Å². The summed E-state index contributed by atoms with van der Waals surface area (Å²) < 4.78 is 0. The van der Waals surface area contributed by atoms with Crippen LogP contribution in [0.3, 0.4) is 0 Å². The monoisotopic (exact) mass is 227 g/mol. The van der Waals surface area contributed by atoms with Crippen LogP contribution in [0.4, 0.5) is 0 Å². The predicted octanol–water partition coefficient (Wildman–Crippen LogP) is 3.37. The summed E-state index contributed by atoms with van der Waals surface area (Å²) in [5, 5.41) is 10.3. The number of aliphatic hydroxyl groups is 1. The minimum absolute atomic E-state index is 0.338. The molecule has 0 aromatic carbocycles. The van der Waals surface area contributed by atoms with E-state index in [0.29, 0.717) is 6.04 Å². The maximum Gasteiger partial charge on any atom is 0.0649 e. The van der Waals surface area contributed by atoms with Crippen molar-refractivity contribution in [1.82, 2.24) is 0 Å². The molecule has 3 N–H and O–H groups in total. The van der Waals surface area contributed by atoms with Gasteiger partial charge in [0.1, 0.15) is 0 Å². The zero-order valence-corrected chi connectivity index (χ0v) is 10.9. The molecule has 96 valence electrons. The van der Waals surface area contributed by atoms with Crippen molar-refractivity contribution in [2.24, 2.45) is 5.73 Å². The number of hydrogen-bond donors (Lipinski definition) is 2. The highest BCUT2D eigenvalue weighted by Gasteiger charge is 2.30. The van der Waals surface area contributed by atoms with E-state index in [1.165, 1.54) is 38.5 Å². The Morgan fingerprint density at radius 3 is 2.25 bits per heavy atom. The Labute approximate surface area is 101 Å². The van der Waals surface area contributed by atoms with E-state index in [4.69, 9.17) is 5.73 Å². The van der Waals surface area contributed by atoms with Gasteiger partial charge in [0, 0.05) is 6.04 Å². The van der Waals surface area contributed by atoms with E-state index in [1.807, 2.05) is 0 Å². The molecule has 0 amide bonds. The molecule has 0 aromatic rings. The maximum atomic E-state index is 10.3. The Kier molecular flexibility index (Phi) is 6.37. The van der Waals surface area contributed by atoms with Crippen molar-refractivity contribution in [2.75, 3.05) is 0 Å². The second-order valence-corrected chi connectivity index (χ2v) is 5.58. The molecule has 1 aliphatic rings. The summed E-state index contributed by atoms with van der Waals surface area (Å²) in [6.45, 7) is 2.24. The van der Waals surface area contributed by atoms with E-state index in [2.05, 4.69) is 6.92 Å². The summed E-state index contributed by atoms with van der Waals surface area (Å²) in [7, 11) is 0. The summed E-state index contributed by atoms with van der Waals surface area (Å²) in [4.78, 5) is 0. The predicted molar refractivity (Wildman–Crippen MR) is 69.4 cm³/mol. The molecule has 0 unspecified atom stereocenters. The lowest BCUT2D eigenvalue weighted by Crippen LogP contribution is -2.38. The normalized spacial score (nSPS) is 30.6. The minimum atomic E-state index is -0.374. The highest BCUT2D eigenvalue weighted by molar-refractivity contribution is 4.86. The largest absolute Gasteiger partial charge is 0.390 e. The van der Waals surface area contributed by atoms with Gasteiger partial charge in [-0.3, -0.25) is 0 Å². The molecular formula is C14H29NO. The molecule has 0 heterocycles. The van der Waals surface area contributed by atoms with Crippen molar-refractivity contribution in [3.05, 3.63) is 0 Å². The molecule has 1 aliphatic carbocycles. The fourth-order valence-electron chi connectivity index (χ4n) is 2.66. The van der Waals surface area contributed by atoms with Gasteiger partial charge in [0.05, 0.1) is 5.60 Å². The third kappa shape index (κ3) is 5.31. The van der Waals surface area contributed by atoms with Gasteiger partial charge in [0.25, 0.3) is 0 Å². The second kappa shape index (κ2) is 7.29. The van der Waals surface area contributed by atoms with Gasteiger partial charge in [-0.2, -0.15) is 0 Å². The van der Waals surface area contributed by atoms with E-state index in [1.54, 1.807) is 0 Å². The van der Waals surface area contributed by atoms with Gasteiger partial charge in [-0.15, -0.1) is 0 Å². The Morgan fingerprint density at radius 1 is 1.06 bits per heavy atom. The molecule has 16 heavy (non-hydrogen) atoms. The van der Waals surface area contributed by atoms with Crippen molar-refractivity contribution in [3.63, 3.8) is 0 Å². The van der Waals surface area contributed by atoms with Crippen LogP contribution in [0.1, 0.15) is 77.6 Å². The highest BCUT2D eigenvalue weighted by Crippen LogP contribution is 2.32. The topological polar surface area (TPSA) is 46.2 Å². The fourth-order valence-corrected chi connectivity index (χ4v) is 2.66. The summed E-state index contributed by atoms with van der Waals surface area (Å²) >= 11 is 0. The summed E-state index contributed by atoms with van der Waals surface area (Å²) in [5.74, 6) is 0. The molecule has 2 nitrogen and oxygen atoms in total. The smallest absolute Gasteiger partial charge is 0.0649 e. The summed E-state index contributed by atoms with van der Waals surface area (Å²) in [6, 6.07) is 0.338. The fraction of sp³-hybridized carbons (Fsp3) is 1.00. The average molecular weight is 227 g/mol. The molecule has 0 bridgehead atoms. The number of rotatable bonds is 7. The lowest BCUT2D eigenvalue weighted by molar-refractivity contribution is -0.00989. The van der Waals surface area contributed by atoms with Crippen molar-refractivity contribution in [2.45, 2.75) is 89.2 Å². The van der Waals surface area contributed by atoms with Crippen LogP contribution in [0, 0.1) is 0 Å². The van der Waals surface area contributed by atoms with E-state index in [-0.39, 0.29) is 5.60 Å². The van der Waals surface area contributed by atoms with Crippen LogP contribution in [0.25, 0.3) is 0 Å².